The Bertz CT molecular complexity index is 907. The number of nitrogens with zero attached hydrogens (tertiary/aromatic N) is 1. The second-order valence-corrected chi connectivity index (χ2v) is 9.11. The van der Waals surface area contributed by atoms with Gasteiger partial charge in [-0.1, -0.05) is 25.5 Å². The zero-order valence-corrected chi connectivity index (χ0v) is 16.5. The maximum atomic E-state index is 13.5. The highest BCUT2D eigenvalue weighted by molar-refractivity contribution is 7.92. The maximum absolute atomic E-state index is 13.5. The number of benzene rings is 1. The third kappa shape index (κ3) is 5.32. The fraction of sp³-hybridized carbons (Fsp3) is 0.500. The molecule has 160 valence electrons. The number of alkyl halides is 4. The van der Waals surface area contributed by atoms with Gasteiger partial charge < -0.3 is 5.32 Å². The number of halogens is 4. The molecular weight excluding hydrogens is 430 g/mol. The van der Waals surface area contributed by atoms with Crippen molar-refractivity contribution in [3.05, 3.63) is 24.3 Å². The minimum Gasteiger partial charge on any atom is -0.337 e. The minimum atomic E-state index is -5.36. The second kappa shape index (κ2) is 9.05. The second-order valence-electron chi connectivity index (χ2n) is 5.52. The fourth-order valence-corrected chi connectivity index (χ4v) is 4.85. The molecule has 1 aromatic rings. The molecule has 0 aliphatic heterocycles. The topological polar surface area (TPSA) is 113 Å². The summed E-state index contributed by atoms with van der Waals surface area (Å²) >= 11 is 0. The van der Waals surface area contributed by atoms with E-state index in [-0.39, 0.29) is 13.6 Å². The number of amides is 2. The van der Waals surface area contributed by atoms with Gasteiger partial charge in [0.2, 0.25) is 10.0 Å². The van der Waals surface area contributed by atoms with Crippen LogP contribution in [0, 0.1) is 0 Å². The standard InChI is InChI=1S/C14H19F4N3O5S2/c1-3-4-9-19-13(22)20-27(23,24)10-7-5-6-8-11(10)28(25,26)21(2)14(17,18)12(15)16/h5-8,12H,3-4,9H2,1-2H3,(H2,19,20,22). The molecule has 2 amide bonds. The molecule has 0 radical (unpaired) electrons. The summed E-state index contributed by atoms with van der Waals surface area (Å²) in [5.41, 5.74) is 0. The predicted molar refractivity (Wildman–Crippen MR) is 91.0 cm³/mol. The highest BCUT2D eigenvalue weighted by atomic mass is 32.2. The van der Waals surface area contributed by atoms with Crippen LogP contribution in [0.3, 0.4) is 0 Å². The maximum Gasteiger partial charge on any atom is 0.377 e. The van der Waals surface area contributed by atoms with Crippen molar-refractivity contribution in [3.63, 3.8) is 0 Å². The number of sulfonamides is 2. The first-order chi connectivity index (χ1) is 12.8. The summed E-state index contributed by atoms with van der Waals surface area (Å²) in [6.07, 6.45) is -3.09. The summed E-state index contributed by atoms with van der Waals surface area (Å²) < 4.78 is 102. The van der Waals surface area contributed by atoms with Crippen molar-refractivity contribution < 1.29 is 39.2 Å². The van der Waals surface area contributed by atoms with Gasteiger partial charge in [-0.15, -0.1) is 4.31 Å². The molecule has 0 bridgehead atoms. The van der Waals surface area contributed by atoms with E-state index in [2.05, 4.69) is 5.32 Å². The average Bonchev–Trinajstić information content (AvgIpc) is 2.60. The van der Waals surface area contributed by atoms with E-state index in [1.165, 1.54) is 0 Å². The van der Waals surface area contributed by atoms with Gasteiger partial charge in [0.05, 0.1) is 0 Å². The number of carbonyl (C=O) groups excluding carboxylic acids is 1. The van der Waals surface area contributed by atoms with Crippen LogP contribution in [0.1, 0.15) is 19.8 Å². The van der Waals surface area contributed by atoms with Crippen molar-refractivity contribution in [3.8, 4) is 0 Å². The molecule has 0 aromatic heterocycles. The molecule has 14 heteroatoms. The van der Waals surface area contributed by atoms with E-state index < -0.39 is 52.6 Å². The van der Waals surface area contributed by atoms with Crippen molar-refractivity contribution in [1.29, 1.82) is 0 Å². The summed E-state index contributed by atoms with van der Waals surface area (Å²) in [6, 6.07) is -2.76. The number of hydrogen-bond donors (Lipinski definition) is 2. The van der Waals surface area contributed by atoms with Crippen LogP contribution in [0.5, 0.6) is 0 Å². The first-order valence-corrected chi connectivity index (χ1v) is 10.8. The number of unbranched alkanes of at least 4 members (excludes halogenated alkanes) is 1. The molecule has 0 spiro atoms. The Labute approximate surface area is 160 Å². The number of rotatable bonds is 9. The van der Waals surface area contributed by atoms with Gasteiger partial charge in [-0.3, -0.25) is 0 Å². The summed E-state index contributed by atoms with van der Waals surface area (Å²) in [5.74, 6) is 0. The van der Waals surface area contributed by atoms with Crippen LogP contribution in [0.4, 0.5) is 22.4 Å². The zero-order chi connectivity index (χ0) is 21.8. The lowest BCUT2D eigenvalue weighted by molar-refractivity contribution is -0.189. The van der Waals surface area contributed by atoms with E-state index in [1.807, 2.05) is 6.92 Å². The number of urea groups is 1. The van der Waals surface area contributed by atoms with Gasteiger partial charge in [0.25, 0.3) is 10.0 Å². The molecule has 0 aliphatic rings. The van der Waals surface area contributed by atoms with Gasteiger partial charge in [-0.2, -0.15) is 8.78 Å². The number of hydrogen-bond acceptors (Lipinski definition) is 5. The lowest BCUT2D eigenvalue weighted by Gasteiger charge is -2.26. The predicted octanol–water partition coefficient (Wildman–Crippen LogP) is 1.95. The van der Waals surface area contributed by atoms with Gasteiger partial charge in [0, 0.05) is 13.6 Å². The quantitative estimate of drug-likeness (QED) is 0.340. The van der Waals surface area contributed by atoms with E-state index in [4.69, 9.17) is 0 Å². The molecular formula is C14H19F4N3O5S2. The molecule has 0 unspecified atom stereocenters. The molecule has 0 atom stereocenters. The SMILES string of the molecule is CCCCNC(=O)NS(=O)(=O)c1ccccc1S(=O)(=O)N(C)C(F)(F)C(F)F. The Morgan fingerprint density at radius 3 is 2.18 bits per heavy atom. The largest absolute Gasteiger partial charge is 0.377 e. The monoisotopic (exact) mass is 449 g/mol. The van der Waals surface area contributed by atoms with Crippen molar-refractivity contribution in [2.24, 2.45) is 0 Å². The molecule has 0 fully saturated rings. The van der Waals surface area contributed by atoms with Gasteiger partial charge in [0.15, 0.2) is 0 Å². The van der Waals surface area contributed by atoms with Crippen molar-refractivity contribution in [2.75, 3.05) is 13.6 Å². The fourth-order valence-electron chi connectivity index (χ4n) is 1.92. The Kier molecular flexibility index (Phi) is 7.79. The Morgan fingerprint density at radius 2 is 1.68 bits per heavy atom. The normalized spacial score (nSPS) is 13.0. The molecule has 0 saturated heterocycles. The molecule has 0 heterocycles. The Balaban J connectivity index is 3.31. The van der Waals surface area contributed by atoms with Crippen LogP contribution in [-0.2, 0) is 20.0 Å². The van der Waals surface area contributed by atoms with Crippen LogP contribution >= 0.6 is 0 Å². The summed E-state index contributed by atoms with van der Waals surface area (Å²) in [7, 11) is -9.98. The first kappa shape index (κ1) is 24.1. The zero-order valence-electron chi connectivity index (χ0n) is 14.8. The van der Waals surface area contributed by atoms with Crippen molar-refractivity contribution in [1.82, 2.24) is 14.3 Å². The van der Waals surface area contributed by atoms with E-state index in [9.17, 15) is 39.2 Å². The Morgan fingerprint density at radius 1 is 1.14 bits per heavy atom. The molecule has 0 saturated carbocycles. The third-order valence-corrected chi connectivity index (χ3v) is 6.90. The molecule has 1 aromatic carbocycles. The van der Waals surface area contributed by atoms with E-state index >= 15 is 0 Å². The molecule has 8 nitrogen and oxygen atoms in total. The molecule has 1 rings (SSSR count). The van der Waals surface area contributed by atoms with E-state index in [1.54, 1.807) is 4.72 Å². The van der Waals surface area contributed by atoms with Gasteiger partial charge in [0.1, 0.15) is 9.79 Å². The van der Waals surface area contributed by atoms with Crippen LogP contribution < -0.4 is 10.0 Å². The molecule has 2 N–H and O–H groups in total. The smallest absolute Gasteiger partial charge is 0.337 e. The molecule has 28 heavy (non-hydrogen) atoms. The lowest BCUT2D eigenvalue weighted by atomic mass is 10.3. The van der Waals surface area contributed by atoms with Crippen LogP contribution in [0.2, 0.25) is 0 Å². The molecule has 0 aliphatic carbocycles. The average molecular weight is 449 g/mol. The summed E-state index contributed by atoms with van der Waals surface area (Å²) in [4.78, 5) is 9.44. The van der Waals surface area contributed by atoms with Crippen LogP contribution in [0.25, 0.3) is 0 Å². The van der Waals surface area contributed by atoms with Gasteiger partial charge in [-0.25, -0.2) is 35.1 Å². The first-order valence-electron chi connectivity index (χ1n) is 7.83. The van der Waals surface area contributed by atoms with E-state index in [0.717, 1.165) is 18.2 Å². The lowest BCUT2D eigenvalue weighted by Crippen LogP contribution is -2.48. The Hall–Kier alpha value is -1.93. The number of nitrogens with one attached hydrogen (secondary N) is 2. The van der Waals surface area contributed by atoms with Crippen molar-refractivity contribution in [2.45, 2.75) is 42.0 Å². The number of carbonyl (C=O) groups is 1. The van der Waals surface area contributed by atoms with Crippen LogP contribution in [-0.4, -0.2) is 53.2 Å². The highest BCUT2D eigenvalue weighted by Crippen LogP contribution is 2.33. The summed E-state index contributed by atoms with van der Waals surface area (Å²) in [6.45, 7) is 1.96. The van der Waals surface area contributed by atoms with E-state index in [0.29, 0.717) is 18.9 Å². The van der Waals surface area contributed by atoms with Crippen molar-refractivity contribution >= 4 is 26.1 Å². The highest BCUT2D eigenvalue weighted by Gasteiger charge is 2.51. The van der Waals surface area contributed by atoms with Gasteiger partial charge >= 0.3 is 18.5 Å². The summed E-state index contributed by atoms with van der Waals surface area (Å²) in [5, 5.41) is 2.22. The van der Waals surface area contributed by atoms with Crippen LogP contribution in [0.15, 0.2) is 34.1 Å². The van der Waals surface area contributed by atoms with Gasteiger partial charge in [-0.05, 0) is 18.6 Å². The third-order valence-electron chi connectivity index (χ3n) is 3.50. The minimum absolute atomic E-state index is 0.140.